The van der Waals surface area contributed by atoms with Gasteiger partial charge in [-0.1, -0.05) is 52.4 Å². The topological polar surface area (TPSA) is 17.1 Å². The van der Waals surface area contributed by atoms with Crippen molar-refractivity contribution in [1.29, 1.82) is 0 Å². The van der Waals surface area contributed by atoms with E-state index in [-0.39, 0.29) is 15.7 Å². The lowest BCUT2D eigenvalue weighted by atomic mass is 9.70. The second-order valence-electron chi connectivity index (χ2n) is 4.79. The second-order valence-corrected chi connectivity index (χ2v) is 6.54. The molecular formula is C10H14BrIO. The van der Waals surface area contributed by atoms with Crippen LogP contribution in [0.25, 0.3) is 0 Å². The van der Waals surface area contributed by atoms with Crippen LogP contribution >= 0.6 is 38.5 Å². The minimum Gasteiger partial charge on any atom is -0.298 e. The van der Waals surface area contributed by atoms with Crippen LogP contribution in [0.1, 0.15) is 26.7 Å². The van der Waals surface area contributed by atoms with Crippen molar-refractivity contribution in [2.24, 2.45) is 16.7 Å². The van der Waals surface area contributed by atoms with Gasteiger partial charge in [-0.3, -0.25) is 4.79 Å². The van der Waals surface area contributed by atoms with Gasteiger partial charge in [-0.15, -0.1) is 0 Å². The standard InChI is InChI=1S/C10H14BrIO/c1-9-4-3-6(7(11)8(9)13)10(9,2)5-12/h6-7H,3-5H2,1-2H3/t6-,7-,9+,10-/m0/s1. The van der Waals surface area contributed by atoms with Gasteiger partial charge in [0.05, 0.1) is 4.83 Å². The normalized spacial score (nSPS) is 54.6. The highest BCUT2D eigenvalue weighted by atomic mass is 127. The van der Waals surface area contributed by atoms with Gasteiger partial charge in [-0.25, -0.2) is 0 Å². The van der Waals surface area contributed by atoms with Crippen LogP contribution in [0.2, 0.25) is 0 Å². The fourth-order valence-corrected chi connectivity index (χ4v) is 5.83. The van der Waals surface area contributed by atoms with E-state index in [9.17, 15) is 4.79 Å². The van der Waals surface area contributed by atoms with E-state index in [1.165, 1.54) is 6.42 Å². The molecule has 74 valence electrons. The highest BCUT2D eigenvalue weighted by Gasteiger charge is 2.67. The summed E-state index contributed by atoms with van der Waals surface area (Å²) in [5.74, 6) is 1.02. The Balaban J connectivity index is 2.49. The summed E-state index contributed by atoms with van der Waals surface area (Å²) in [6.45, 7) is 4.45. The van der Waals surface area contributed by atoms with Gasteiger partial charge in [0.2, 0.25) is 0 Å². The van der Waals surface area contributed by atoms with Crippen molar-refractivity contribution in [3.05, 3.63) is 0 Å². The molecule has 1 nitrogen and oxygen atoms in total. The third-order valence-electron chi connectivity index (χ3n) is 4.46. The lowest BCUT2D eigenvalue weighted by Crippen LogP contribution is -2.36. The van der Waals surface area contributed by atoms with Crippen molar-refractivity contribution >= 4 is 44.3 Å². The van der Waals surface area contributed by atoms with Gasteiger partial charge < -0.3 is 0 Å². The number of Topliss-reactive ketones (excluding diaryl/α,β-unsaturated/α-hetero) is 1. The Bertz CT molecular complexity index is 268. The average Bonchev–Trinajstić information content (AvgIpc) is 2.44. The fourth-order valence-electron chi connectivity index (χ4n) is 3.07. The second kappa shape index (κ2) is 2.94. The van der Waals surface area contributed by atoms with Crippen LogP contribution in [-0.2, 0) is 4.79 Å². The zero-order valence-corrected chi connectivity index (χ0v) is 11.7. The summed E-state index contributed by atoms with van der Waals surface area (Å²) in [6.07, 6.45) is 2.32. The van der Waals surface area contributed by atoms with Crippen LogP contribution < -0.4 is 0 Å². The Morgan fingerprint density at radius 2 is 2.23 bits per heavy atom. The summed E-state index contributed by atoms with van der Waals surface area (Å²) in [6, 6.07) is 0. The smallest absolute Gasteiger partial charge is 0.153 e. The van der Waals surface area contributed by atoms with E-state index in [4.69, 9.17) is 0 Å². The number of halogens is 2. The number of ketones is 1. The highest BCUT2D eigenvalue weighted by Crippen LogP contribution is 2.65. The Morgan fingerprint density at radius 3 is 2.54 bits per heavy atom. The Morgan fingerprint density at radius 1 is 1.62 bits per heavy atom. The number of rotatable bonds is 1. The van der Waals surface area contributed by atoms with Crippen molar-refractivity contribution in [3.63, 3.8) is 0 Å². The molecule has 2 aliphatic carbocycles. The van der Waals surface area contributed by atoms with Crippen molar-refractivity contribution in [2.45, 2.75) is 31.5 Å². The Labute approximate surface area is 101 Å². The van der Waals surface area contributed by atoms with Gasteiger partial charge in [-0.2, -0.15) is 0 Å². The van der Waals surface area contributed by atoms with Crippen LogP contribution in [0.15, 0.2) is 0 Å². The van der Waals surface area contributed by atoms with E-state index in [2.05, 4.69) is 52.4 Å². The van der Waals surface area contributed by atoms with E-state index >= 15 is 0 Å². The van der Waals surface area contributed by atoms with Gasteiger partial charge in [0.1, 0.15) is 0 Å². The number of carbonyl (C=O) groups is 1. The molecule has 3 heteroatoms. The van der Waals surface area contributed by atoms with E-state index in [1.807, 2.05) is 0 Å². The maximum atomic E-state index is 12.0. The highest BCUT2D eigenvalue weighted by molar-refractivity contribution is 14.1. The summed E-state index contributed by atoms with van der Waals surface area (Å²) < 4.78 is 1.10. The van der Waals surface area contributed by atoms with Gasteiger partial charge in [0.25, 0.3) is 0 Å². The van der Waals surface area contributed by atoms with Crippen molar-refractivity contribution in [2.75, 3.05) is 4.43 Å². The van der Waals surface area contributed by atoms with E-state index in [0.717, 1.165) is 10.8 Å². The van der Waals surface area contributed by atoms with Crippen molar-refractivity contribution in [3.8, 4) is 0 Å². The SMILES string of the molecule is C[C@]1(CI)[C@H]2CC[C@]1(C)C(=O)[C@H]2Br. The predicted molar refractivity (Wildman–Crippen MR) is 65.5 cm³/mol. The van der Waals surface area contributed by atoms with Gasteiger partial charge >= 0.3 is 0 Å². The van der Waals surface area contributed by atoms with Crippen LogP contribution in [-0.4, -0.2) is 15.0 Å². The van der Waals surface area contributed by atoms with Crippen LogP contribution in [0, 0.1) is 16.7 Å². The number of alkyl halides is 2. The maximum absolute atomic E-state index is 12.0. The number of carbonyl (C=O) groups excluding carboxylic acids is 1. The third-order valence-corrected chi connectivity index (χ3v) is 7.10. The van der Waals surface area contributed by atoms with Crippen molar-refractivity contribution < 1.29 is 4.79 Å². The maximum Gasteiger partial charge on any atom is 0.153 e. The zero-order valence-electron chi connectivity index (χ0n) is 7.94. The molecule has 0 aromatic heterocycles. The summed E-state index contributed by atoms with van der Waals surface area (Å²) in [7, 11) is 0. The summed E-state index contributed by atoms with van der Waals surface area (Å²) in [5.41, 5.74) is 0.186. The molecule has 0 aliphatic heterocycles. The summed E-state index contributed by atoms with van der Waals surface area (Å²) in [5, 5.41) is 0. The first kappa shape index (κ1) is 10.4. The molecular weight excluding hydrogens is 343 g/mol. The Hall–Kier alpha value is 0.880. The fraction of sp³-hybridized carbons (Fsp3) is 0.900. The number of hydrogen-bond acceptors (Lipinski definition) is 1. The molecule has 0 spiro atoms. The molecule has 0 N–H and O–H groups in total. The first-order valence-corrected chi connectivity index (χ1v) is 7.16. The van der Waals surface area contributed by atoms with Gasteiger partial charge in [-0.05, 0) is 24.2 Å². The van der Waals surface area contributed by atoms with E-state index < -0.39 is 0 Å². The minimum absolute atomic E-state index is 0.0486. The van der Waals surface area contributed by atoms with Gasteiger partial charge in [0.15, 0.2) is 5.78 Å². The number of fused-ring (bicyclic) bond motifs is 2. The molecule has 2 saturated carbocycles. The summed E-state index contributed by atoms with van der Waals surface area (Å²) >= 11 is 5.99. The molecule has 0 saturated heterocycles. The zero-order chi connectivity index (χ0) is 9.85. The van der Waals surface area contributed by atoms with Crippen molar-refractivity contribution in [1.82, 2.24) is 0 Å². The van der Waals surface area contributed by atoms with Gasteiger partial charge in [0, 0.05) is 9.84 Å². The summed E-state index contributed by atoms with van der Waals surface area (Å²) in [4.78, 5) is 12.1. The lowest BCUT2D eigenvalue weighted by molar-refractivity contribution is -0.127. The quantitative estimate of drug-likeness (QED) is 0.521. The van der Waals surface area contributed by atoms with E-state index in [1.54, 1.807) is 0 Å². The molecule has 4 atom stereocenters. The molecule has 2 rings (SSSR count). The van der Waals surface area contributed by atoms with Crippen LogP contribution in [0.3, 0.4) is 0 Å². The average molecular weight is 357 g/mol. The molecule has 13 heavy (non-hydrogen) atoms. The molecule has 0 amide bonds. The molecule has 2 bridgehead atoms. The molecule has 0 aromatic rings. The third kappa shape index (κ3) is 1.01. The molecule has 2 fully saturated rings. The molecule has 0 heterocycles. The minimum atomic E-state index is -0.0486. The number of hydrogen-bond donors (Lipinski definition) is 0. The Kier molecular flexibility index (Phi) is 2.35. The largest absolute Gasteiger partial charge is 0.298 e. The molecule has 0 aromatic carbocycles. The molecule has 2 aliphatic rings. The molecule has 0 radical (unpaired) electrons. The lowest BCUT2D eigenvalue weighted by Gasteiger charge is -2.34. The van der Waals surface area contributed by atoms with Crippen LogP contribution in [0.4, 0.5) is 0 Å². The van der Waals surface area contributed by atoms with Crippen LogP contribution in [0.5, 0.6) is 0 Å². The van der Waals surface area contributed by atoms with E-state index in [0.29, 0.717) is 11.7 Å². The monoisotopic (exact) mass is 356 g/mol. The predicted octanol–water partition coefficient (Wildman–Crippen LogP) is 3.19. The molecule has 0 unspecified atom stereocenters. The first-order chi connectivity index (χ1) is 5.97. The first-order valence-electron chi connectivity index (χ1n) is 4.72.